The summed E-state index contributed by atoms with van der Waals surface area (Å²) in [5, 5.41) is 8.53. The van der Waals surface area contributed by atoms with Gasteiger partial charge in [0.05, 0.1) is 0 Å². The van der Waals surface area contributed by atoms with E-state index in [2.05, 4.69) is 20.2 Å². The van der Waals surface area contributed by atoms with Crippen LogP contribution in [0.1, 0.15) is 5.56 Å². The van der Waals surface area contributed by atoms with Crippen LogP contribution in [0.15, 0.2) is 55.0 Å². The molecule has 0 amide bonds. The van der Waals surface area contributed by atoms with Crippen molar-refractivity contribution in [2.24, 2.45) is 0 Å². The van der Waals surface area contributed by atoms with Gasteiger partial charge in [0.2, 0.25) is 0 Å². The molecule has 0 aliphatic heterocycles. The predicted octanol–water partition coefficient (Wildman–Crippen LogP) is 4.34. The molecule has 4 nitrogen and oxygen atoms in total. The number of hydrogen-bond acceptors (Lipinski definition) is 4. The second-order valence-corrected chi connectivity index (χ2v) is 5.62. The molecule has 0 N–H and O–H groups in total. The fourth-order valence-electron chi connectivity index (χ4n) is 2.80. The summed E-state index contributed by atoms with van der Waals surface area (Å²) in [6, 6.07) is 11.2. The number of rotatable bonds is 2. The lowest BCUT2D eigenvalue weighted by molar-refractivity contribution is 0.630. The minimum Gasteiger partial charge on any atom is -0.253 e. The average molecular weight is 334 g/mol. The molecule has 25 heavy (non-hydrogen) atoms. The molecular weight excluding hydrogens is 322 g/mol. The van der Waals surface area contributed by atoms with E-state index in [0.29, 0.717) is 22.3 Å². The van der Waals surface area contributed by atoms with Crippen molar-refractivity contribution in [3.8, 4) is 22.5 Å². The Morgan fingerprint density at radius 3 is 2.56 bits per heavy atom. The third-order valence-corrected chi connectivity index (χ3v) is 4.04. The number of halogens is 2. The highest BCUT2D eigenvalue weighted by Crippen LogP contribution is 2.32. The van der Waals surface area contributed by atoms with Crippen molar-refractivity contribution in [2.45, 2.75) is 6.92 Å². The smallest absolute Gasteiger partial charge is 0.150 e. The van der Waals surface area contributed by atoms with Gasteiger partial charge in [-0.2, -0.15) is 0 Å². The number of benzene rings is 2. The van der Waals surface area contributed by atoms with Gasteiger partial charge < -0.3 is 0 Å². The largest absolute Gasteiger partial charge is 0.253 e. The lowest BCUT2D eigenvalue weighted by Gasteiger charge is -2.10. The van der Waals surface area contributed by atoms with Crippen LogP contribution in [0.4, 0.5) is 8.78 Å². The second-order valence-electron chi connectivity index (χ2n) is 5.62. The van der Waals surface area contributed by atoms with Crippen molar-refractivity contribution in [3.63, 3.8) is 0 Å². The summed E-state index contributed by atoms with van der Waals surface area (Å²) >= 11 is 0. The summed E-state index contributed by atoms with van der Waals surface area (Å²) < 4.78 is 28.7. The quantitative estimate of drug-likeness (QED) is 0.547. The molecular formula is C19H12F2N4. The maximum atomic E-state index is 14.5. The van der Waals surface area contributed by atoms with E-state index in [1.165, 1.54) is 18.5 Å². The van der Waals surface area contributed by atoms with Crippen LogP contribution in [-0.2, 0) is 0 Å². The van der Waals surface area contributed by atoms with E-state index >= 15 is 0 Å². The SMILES string of the molecule is Cc1ccnc2c(F)cc(-c3nncnc3-c3ccccc3F)cc12. The molecule has 4 aromatic rings. The van der Waals surface area contributed by atoms with Gasteiger partial charge in [0.15, 0.2) is 0 Å². The molecule has 0 saturated carbocycles. The average Bonchev–Trinajstić information content (AvgIpc) is 2.63. The van der Waals surface area contributed by atoms with Crippen LogP contribution in [0, 0.1) is 18.6 Å². The number of fused-ring (bicyclic) bond motifs is 1. The van der Waals surface area contributed by atoms with E-state index in [-0.39, 0.29) is 11.1 Å². The molecule has 0 aliphatic rings. The van der Waals surface area contributed by atoms with Gasteiger partial charge in [0, 0.05) is 22.7 Å². The third-order valence-electron chi connectivity index (χ3n) is 4.04. The van der Waals surface area contributed by atoms with Gasteiger partial charge in [-0.15, -0.1) is 10.2 Å². The Balaban J connectivity index is 1.99. The summed E-state index contributed by atoms with van der Waals surface area (Å²) in [7, 11) is 0. The molecule has 0 fully saturated rings. The minimum absolute atomic E-state index is 0.285. The first-order valence-electron chi connectivity index (χ1n) is 7.63. The van der Waals surface area contributed by atoms with E-state index in [1.807, 2.05) is 6.92 Å². The fraction of sp³-hybridized carbons (Fsp3) is 0.0526. The molecule has 2 aromatic carbocycles. The normalized spacial score (nSPS) is 11.0. The fourth-order valence-corrected chi connectivity index (χ4v) is 2.80. The molecule has 0 saturated heterocycles. The first-order valence-corrected chi connectivity index (χ1v) is 7.63. The summed E-state index contributed by atoms with van der Waals surface area (Å²) in [4.78, 5) is 8.25. The Labute approximate surface area is 142 Å². The Hall–Kier alpha value is -3.28. The summed E-state index contributed by atoms with van der Waals surface area (Å²) in [6.45, 7) is 1.87. The highest BCUT2D eigenvalue weighted by Gasteiger charge is 2.17. The number of pyridine rings is 1. The Morgan fingerprint density at radius 2 is 1.72 bits per heavy atom. The summed E-state index contributed by atoms with van der Waals surface area (Å²) in [6.07, 6.45) is 2.81. The first kappa shape index (κ1) is 15.3. The van der Waals surface area contributed by atoms with Gasteiger partial charge in [0.1, 0.15) is 34.9 Å². The molecule has 6 heteroatoms. The lowest BCUT2D eigenvalue weighted by Crippen LogP contribution is -1.98. The maximum Gasteiger partial charge on any atom is 0.150 e. The minimum atomic E-state index is -0.471. The number of nitrogens with zero attached hydrogens (tertiary/aromatic N) is 4. The molecule has 0 radical (unpaired) electrons. The van der Waals surface area contributed by atoms with Crippen LogP contribution in [0.5, 0.6) is 0 Å². The van der Waals surface area contributed by atoms with Crippen molar-refractivity contribution >= 4 is 10.9 Å². The zero-order valence-electron chi connectivity index (χ0n) is 13.2. The van der Waals surface area contributed by atoms with Gasteiger partial charge in [0.25, 0.3) is 0 Å². The van der Waals surface area contributed by atoms with Crippen molar-refractivity contribution in [3.05, 3.63) is 72.2 Å². The molecule has 0 unspecified atom stereocenters. The zero-order valence-corrected chi connectivity index (χ0v) is 13.2. The topological polar surface area (TPSA) is 51.6 Å². The molecule has 122 valence electrons. The number of aromatic nitrogens is 4. The highest BCUT2D eigenvalue weighted by molar-refractivity contribution is 5.89. The van der Waals surface area contributed by atoms with Crippen molar-refractivity contribution in [1.82, 2.24) is 20.2 Å². The van der Waals surface area contributed by atoms with E-state index in [1.54, 1.807) is 36.5 Å². The standard InChI is InChI=1S/C19H12F2N4/c1-11-6-7-22-18-14(11)8-12(9-16(18)21)17-19(23-10-24-25-17)13-4-2-3-5-15(13)20/h2-10H,1H3. The molecule has 0 atom stereocenters. The molecule has 4 rings (SSSR count). The van der Waals surface area contributed by atoms with Crippen LogP contribution in [-0.4, -0.2) is 20.2 Å². The van der Waals surface area contributed by atoms with Gasteiger partial charge in [-0.05, 0) is 42.8 Å². The number of aryl methyl sites for hydroxylation is 1. The van der Waals surface area contributed by atoms with Crippen LogP contribution in [0.25, 0.3) is 33.4 Å². The van der Waals surface area contributed by atoms with Gasteiger partial charge in [-0.3, -0.25) is 4.98 Å². The Kier molecular flexibility index (Phi) is 3.65. The highest BCUT2D eigenvalue weighted by atomic mass is 19.1. The van der Waals surface area contributed by atoms with Crippen molar-refractivity contribution in [2.75, 3.05) is 0 Å². The van der Waals surface area contributed by atoms with E-state index < -0.39 is 11.6 Å². The van der Waals surface area contributed by atoms with Crippen LogP contribution in [0.3, 0.4) is 0 Å². The zero-order chi connectivity index (χ0) is 17.4. The lowest BCUT2D eigenvalue weighted by atomic mass is 10.0. The molecule has 2 aromatic heterocycles. The monoisotopic (exact) mass is 334 g/mol. The van der Waals surface area contributed by atoms with Crippen molar-refractivity contribution < 1.29 is 8.78 Å². The van der Waals surface area contributed by atoms with Gasteiger partial charge in [-0.1, -0.05) is 12.1 Å². The Bertz CT molecular complexity index is 1100. The molecule has 0 spiro atoms. The first-order chi connectivity index (χ1) is 12.1. The predicted molar refractivity (Wildman–Crippen MR) is 90.7 cm³/mol. The number of hydrogen-bond donors (Lipinski definition) is 0. The van der Waals surface area contributed by atoms with E-state index in [0.717, 1.165) is 5.56 Å². The molecule has 0 aliphatic carbocycles. The molecule has 2 heterocycles. The van der Waals surface area contributed by atoms with Crippen molar-refractivity contribution in [1.29, 1.82) is 0 Å². The van der Waals surface area contributed by atoms with E-state index in [9.17, 15) is 8.78 Å². The van der Waals surface area contributed by atoms with Gasteiger partial charge in [-0.25, -0.2) is 13.8 Å². The maximum absolute atomic E-state index is 14.5. The van der Waals surface area contributed by atoms with Crippen LogP contribution >= 0.6 is 0 Å². The van der Waals surface area contributed by atoms with Crippen LogP contribution in [0.2, 0.25) is 0 Å². The summed E-state index contributed by atoms with van der Waals surface area (Å²) in [5.41, 5.74) is 2.56. The third kappa shape index (κ3) is 2.61. The van der Waals surface area contributed by atoms with Gasteiger partial charge >= 0.3 is 0 Å². The summed E-state index contributed by atoms with van der Waals surface area (Å²) in [5.74, 6) is -0.898. The second kappa shape index (κ2) is 5.98. The van der Waals surface area contributed by atoms with E-state index in [4.69, 9.17) is 0 Å². The Morgan fingerprint density at radius 1 is 0.880 bits per heavy atom. The molecule has 0 bridgehead atoms. The van der Waals surface area contributed by atoms with Crippen LogP contribution < -0.4 is 0 Å².